The number of rotatable bonds is 7. The van der Waals surface area contributed by atoms with Crippen LogP contribution < -0.4 is 4.74 Å². The summed E-state index contributed by atoms with van der Waals surface area (Å²) in [7, 11) is 0. The van der Waals surface area contributed by atoms with Crippen LogP contribution in [0.15, 0.2) is 12.1 Å². The molecule has 100 valence electrons. The van der Waals surface area contributed by atoms with Gasteiger partial charge in [-0.1, -0.05) is 23.2 Å². The molecule has 0 saturated heterocycles. The van der Waals surface area contributed by atoms with Crippen molar-refractivity contribution in [1.29, 1.82) is 0 Å². The number of ether oxygens (including phenoxy) is 2. The van der Waals surface area contributed by atoms with E-state index >= 15 is 0 Å². The average Bonchev–Trinajstić information content (AvgIpc) is 2.31. The van der Waals surface area contributed by atoms with Gasteiger partial charge in [0.2, 0.25) is 0 Å². The van der Waals surface area contributed by atoms with E-state index in [1.807, 2.05) is 0 Å². The van der Waals surface area contributed by atoms with Crippen molar-refractivity contribution in [2.75, 3.05) is 26.4 Å². The zero-order chi connectivity index (χ0) is 13.5. The third-order valence-electron chi connectivity index (χ3n) is 1.90. The molecule has 0 bridgehead atoms. The second kappa shape index (κ2) is 7.38. The molecule has 0 unspecified atom stereocenters. The van der Waals surface area contributed by atoms with Gasteiger partial charge in [0.25, 0.3) is 5.69 Å². The SMILES string of the molecule is O=[N+]([O-])c1cc(Cl)c(OCCOCCO)c(Cl)c1. The smallest absolute Gasteiger partial charge is 0.272 e. The van der Waals surface area contributed by atoms with E-state index in [0.717, 1.165) is 12.1 Å². The zero-order valence-electron chi connectivity index (χ0n) is 9.27. The number of aliphatic hydroxyl groups excluding tert-OH is 1. The van der Waals surface area contributed by atoms with Crippen molar-refractivity contribution in [3.8, 4) is 5.75 Å². The Hall–Kier alpha value is -1.08. The molecule has 0 spiro atoms. The fraction of sp³-hybridized carbons (Fsp3) is 0.400. The van der Waals surface area contributed by atoms with Gasteiger partial charge in [0.15, 0.2) is 5.75 Å². The maximum Gasteiger partial charge on any atom is 0.272 e. The van der Waals surface area contributed by atoms with Crippen molar-refractivity contribution in [3.05, 3.63) is 32.3 Å². The number of nitro groups is 1. The highest BCUT2D eigenvalue weighted by molar-refractivity contribution is 6.37. The second-order valence-corrected chi connectivity index (χ2v) is 3.99. The van der Waals surface area contributed by atoms with E-state index < -0.39 is 4.92 Å². The van der Waals surface area contributed by atoms with Crippen LogP contribution in [0.2, 0.25) is 10.0 Å². The first kappa shape index (κ1) is 15.0. The summed E-state index contributed by atoms with van der Waals surface area (Å²) in [5, 5.41) is 19.2. The molecular formula is C10H11Cl2NO5. The molecule has 0 aliphatic rings. The molecular weight excluding hydrogens is 285 g/mol. The third-order valence-corrected chi connectivity index (χ3v) is 2.47. The molecule has 1 rings (SSSR count). The van der Waals surface area contributed by atoms with Crippen molar-refractivity contribution >= 4 is 28.9 Å². The predicted molar refractivity (Wildman–Crippen MR) is 66.5 cm³/mol. The van der Waals surface area contributed by atoms with Crippen molar-refractivity contribution < 1.29 is 19.5 Å². The minimum atomic E-state index is -0.591. The number of non-ortho nitro benzene ring substituents is 1. The number of nitrogens with zero attached hydrogens (tertiary/aromatic N) is 1. The van der Waals surface area contributed by atoms with E-state index in [4.69, 9.17) is 37.8 Å². The number of hydrogen-bond acceptors (Lipinski definition) is 5. The number of nitro benzene ring substituents is 1. The maximum atomic E-state index is 10.6. The molecule has 18 heavy (non-hydrogen) atoms. The van der Waals surface area contributed by atoms with Gasteiger partial charge in [0.1, 0.15) is 6.61 Å². The van der Waals surface area contributed by atoms with Gasteiger partial charge in [0.05, 0.1) is 34.8 Å². The van der Waals surface area contributed by atoms with Crippen LogP contribution in [-0.2, 0) is 4.74 Å². The Bertz CT molecular complexity index is 404. The molecule has 0 heterocycles. The Labute approximate surface area is 113 Å². The molecule has 1 N–H and O–H groups in total. The molecule has 1 aromatic rings. The van der Waals surface area contributed by atoms with Gasteiger partial charge in [-0.15, -0.1) is 0 Å². The average molecular weight is 296 g/mol. The molecule has 0 atom stereocenters. The van der Waals surface area contributed by atoms with Crippen LogP contribution in [-0.4, -0.2) is 36.5 Å². The lowest BCUT2D eigenvalue weighted by Gasteiger charge is -2.09. The first-order chi connectivity index (χ1) is 8.56. The molecule has 1 aromatic carbocycles. The normalized spacial score (nSPS) is 10.4. The van der Waals surface area contributed by atoms with Gasteiger partial charge >= 0.3 is 0 Å². The Morgan fingerprint density at radius 3 is 2.33 bits per heavy atom. The summed E-state index contributed by atoms with van der Waals surface area (Å²) >= 11 is 11.6. The Kier molecular flexibility index (Phi) is 6.14. The van der Waals surface area contributed by atoms with E-state index in [2.05, 4.69) is 0 Å². The van der Waals surface area contributed by atoms with E-state index in [0.29, 0.717) is 0 Å². The van der Waals surface area contributed by atoms with Gasteiger partial charge in [-0.3, -0.25) is 10.1 Å². The second-order valence-electron chi connectivity index (χ2n) is 3.18. The van der Waals surface area contributed by atoms with Gasteiger partial charge in [-0.25, -0.2) is 0 Å². The lowest BCUT2D eigenvalue weighted by atomic mass is 10.3. The first-order valence-corrected chi connectivity index (χ1v) is 5.76. The Morgan fingerprint density at radius 2 is 1.83 bits per heavy atom. The highest BCUT2D eigenvalue weighted by Gasteiger charge is 2.15. The molecule has 8 heteroatoms. The van der Waals surface area contributed by atoms with Gasteiger partial charge in [-0.05, 0) is 0 Å². The minimum absolute atomic E-state index is 0.0661. The van der Waals surface area contributed by atoms with Crippen LogP contribution >= 0.6 is 23.2 Å². The topological polar surface area (TPSA) is 81.8 Å². The largest absolute Gasteiger partial charge is 0.488 e. The summed E-state index contributed by atoms with van der Waals surface area (Å²) in [5.41, 5.74) is -0.200. The molecule has 0 saturated carbocycles. The van der Waals surface area contributed by atoms with Crippen LogP contribution in [0.5, 0.6) is 5.75 Å². The number of benzene rings is 1. The summed E-state index contributed by atoms with van der Waals surface area (Å²) in [6.45, 7) is 0.575. The molecule has 0 amide bonds. The molecule has 0 radical (unpaired) electrons. The number of aliphatic hydroxyl groups is 1. The highest BCUT2D eigenvalue weighted by atomic mass is 35.5. The Balaban J connectivity index is 2.63. The summed E-state index contributed by atoms with van der Waals surface area (Å²) in [4.78, 5) is 9.96. The number of hydrogen-bond donors (Lipinski definition) is 1. The summed E-state index contributed by atoms with van der Waals surface area (Å²) in [6, 6.07) is 2.33. The lowest BCUT2D eigenvalue weighted by Crippen LogP contribution is -2.09. The summed E-state index contributed by atoms with van der Waals surface area (Å²) < 4.78 is 10.2. The maximum absolute atomic E-state index is 10.6. The van der Waals surface area contributed by atoms with Crippen molar-refractivity contribution in [2.24, 2.45) is 0 Å². The lowest BCUT2D eigenvalue weighted by molar-refractivity contribution is -0.384. The van der Waals surface area contributed by atoms with Crippen LogP contribution in [0.1, 0.15) is 0 Å². The minimum Gasteiger partial charge on any atom is -0.488 e. The molecule has 6 nitrogen and oxygen atoms in total. The number of halogens is 2. The molecule has 0 aliphatic carbocycles. The van der Waals surface area contributed by atoms with Crippen molar-refractivity contribution in [1.82, 2.24) is 0 Å². The summed E-state index contributed by atoms with van der Waals surface area (Å²) in [5.74, 6) is 0.177. The standard InChI is InChI=1S/C10H11Cl2NO5/c11-8-5-7(13(15)16)6-9(12)10(8)18-4-3-17-2-1-14/h5-6,14H,1-4H2. The molecule has 0 fully saturated rings. The fourth-order valence-electron chi connectivity index (χ4n) is 1.16. The first-order valence-electron chi connectivity index (χ1n) is 5.01. The summed E-state index contributed by atoms with van der Waals surface area (Å²) in [6.07, 6.45) is 0. The van der Waals surface area contributed by atoms with Crippen molar-refractivity contribution in [3.63, 3.8) is 0 Å². The van der Waals surface area contributed by atoms with Crippen LogP contribution in [0, 0.1) is 10.1 Å². The Morgan fingerprint density at radius 1 is 1.22 bits per heavy atom. The quantitative estimate of drug-likeness (QED) is 0.474. The van der Waals surface area contributed by atoms with Crippen LogP contribution in [0.25, 0.3) is 0 Å². The molecule has 0 aromatic heterocycles. The fourth-order valence-corrected chi connectivity index (χ4v) is 1.74. The van der Waals surface area contributed by atoms with Crippen LogP contribution in [0.3, 0.4) is 0 Å². The molecule has 0 aliphatic heterocycles. The van der Waals surface area contributed by atoms with E-state index in [1.54, 1.807) is 0 Å². The van der Waals surface area contributed by atoms with E-state index in [9.17, 15) is 10.1 Å². The zero-order valence-corrected chi connectivity index (χ0v) is 10.8. The van der Waals surface area contributed by atoms with Gasteiger partial charge in [0, 0.05) is 12.1 Å². The van der Waals surface area contributed by atoms with Gasteiger partial charge in [-0.2, -0.15) is 0 Å². The monoisotopic (exact) mass is 295 g/mol. The van der Waals surface area contributed by atoms with Crippen molar-refractivity contribution in [2.45, 2.75) is 0 Å². The highest BCUT2D eigenvalue weighted by Crippen LogP contribution is 2.36. The third kappa shape index (κ3) is 4.30. The van der Waals surface area contributed by atoms with E-state index in [1.165, 1.54) is 0 Å². The van der Waals surface area contributed by atoms with Crippen LogP contribution in [0.4, 0.5) is 5.69 Å². The predicted octanol–water partition coefficient (Wildman–Crippen LogP) is 2.29. The van der Waals surface area contributed by atoms with Gasteiger partial charge < -0.3 is 14.6 Å². The van der Waals surface area contributed by atoms with E-state index in [-0.39, 0.29) is 47.9 Å².